The fourth-order valence-electron chi connectivity index (χ4n) is 3.61. The summed E-state index contributed by atoms with van der Waals surface area (Å²) in [5.74, 6) is 6.63. The van der Waals surface area contributed by atoms with Crippen LogP contribution in [0.4, 0.5) is 5.00 Å². The quantitative estimate of drug-likeness (QED) is 0.332. The van der Waals surface area contributed by atoms with Crippen LogP contribution in [0.2, 0.25) is 0 Å². The number of nitrogen functional groups attached to an aromatic ring is 1. The van der Waals surface area contributed by atoms with Gasteiger partial charge in [0, 0.05) is 10.4 Å². The Balaban J connectivity index is 1.46. The number of anilines is 1. The van der Waals surface area contributed by atoms with E-state index in [0.29, 0.717) is 27.5 Å². The van der Waals surface area contributed by atoms with Gasteiger partial charge in [-0.1, -0.05) is 49.0 Å². The number of ether oxygens (including phenoxy) is 1. The van der Waals surface area contributed by atoms with Crippen molar-refractivity contribution in [2.75, 3.05) is 24.0 Å². The van der Waals surface area contributed by atoms with Gasteiger partial charge in [-0.25, -0.2) is 9.47 Å². The Morgan fingerprint density at radius 1 is 1.32 bits per heavy atom. The molecule has 1 aromatic carbocycles. The third-order valence-corrected chi connectivity index (χ3v) is 7.30. The zero-order valence-electron chi connectivity index (χ0n) is 17.3. The number of amides is 1. The molecule has 10 heteroatoms. The molecule has 2 aromatic heterocycles. The Bertz CT molecular complexity index is 1110. The van der Waals surface area contributed by atoms with Crippen LogP contribution >= 0.6 is 23.1 Å². The van der Waals surface area contributed by atoms with E-state index in [9.17, 15) is 9.59 Å². The van der Waals surface area contributed by atoms with Crippen molar-refractivity contribution in [2.24, 2.45) is 5.92 Å². The number of nitrogens with two attached hydrogens (primary N) is 1. The largest absolute Gasteiger partial charge is 0.465 e. The highest BCUT2D eigenvalue weighted by Crippen LogP contribution is 2.40. The van der Waals surface area contributed by atoms with Crippen molar-refractivity contribution in [3.8, 4) is 11.4 Å². The van der Waals surface area contributed by atoms with Gasteiger partial charge in [-0.05, 0) is 30.7 Å². The maximum atomic E-state index is 12.6. The molecule has 0 spiro atoms. The van der Waals surface area contributed by atoms with Crippen LogP contribution in [0.25, 0.3) is 11.4 Å². The van der Waals surface area contributed by atoms with Gasteiger partial charge in [0.25, 0.3) is 0 Å². The number of nitrogens with one attached hydrogen (secondary N) is 1. The number of hydrogen-bond donors (Lipinski definition) is 2. The van der Waals surface area contributed by atoms with Gasteiger partial charge in [-0.15, -0.1) is 21.5 Å². The van der Waals surface area contributed by atoms with Crippen LogP contribution in [0, 0.1) is 5.92 Å². The minimum Gasteiger partial charge on any atom is -0.465 e. The van der Waals surface area contributed by atoms with Gasteiger partial charge in [-0.3, -0.25) is 4.79 Å². The smallest absolute Gasteiger partial charge is 0.341 e. The van der Waals surface area contributed by atoms with E-state index in [-0.39, 0.29) is 11.7 Å². The van der Waals surface area contributed by atoms with Crippen LogP contribution in [0.15, 0.2) is 35.5 Å². The first-order valence-electron chi connectivity index (χ1n) is 9.89. The average Bonchev–Trinajstić information content (AvgIpc) is 3.31. The zero-order chi connectivity index (χ0) is 22.0. The Kier molecular flexibility index (Phi) is 6.28. The monoisotopic (exact) mass is 457 g/mol. The maximum absolute atomic E-state index is 12.6. The molecule has 0 saturated heterocycles. The zero-order valence-corrected chi connectivity index (χ0v) is 18.9. The topological polar surface area (TPSA) is 112 Å². The molecule has 162 valence electrons. The lowest BCUT2D eigenvalue weighted by Crippen LogP contribution is -2.18. The van der Waals surface area contributed by atoms with E-state index in [1.165, 1.54) is 34.9 Å². The third kappa shape index (κ3) is 4.45. The van der Waals surface area contributed by atoms with Crippen molar-refractivity contribution < 1.29 is 14.3 Å². The molecule has 0 aliphatic heterocycles. The van der Waals surface area contributed by atoms with Gasteiger partial charge < -0.3 is 15.9 Å². The molecular formula is C21H23N5O3S2. The number of rotatable bonds is 6. The molecule has 3 aromatic rings. The minimum atomic E-state index is -0.413. The van der Waals surface area contributed by atoms with Gasteiger partial charge >= 0.3 is 5.97 Å². The minimum absolute atomic E-state index is 0.0870. The molecule has 1 aliphatic rings. The van der Waals surface area contributed by atoms with Gasteiger partial charge in [0.1, 0.15) is 5.00 Å². The summed E-state index contributed by atoms with van der Waals surface area (Å²) in [7, 11) is 1.36. The van der Waals surface area contributed by atoms with E-state index in [1.807, 2.05) is 30.3 Å². The normalized spacial score (nSPS) is 15.4. The van der Waals surface area contributed by atoms with Crippen molar-refractivity contribution in [3.05, 3.63) is 46.3 Å². The highest BCUT2D eigenvalue weighted by molar-refractivity contribution is 7.99. The number of nitrogens with zero attached hydrogens (tertiary/aromatic N) is 3. The van der Waals surface area contributed by atoms with Crippen molar-refractivity contribution in [3.63, 3.8) is 0 Å². The molecule has 1 amide bonds. The number of esters is 1. The molecule has 0 fully saturated rings. The number of thiophene rings is 1. The summed E-state index contributed by atoms with van der Waals surface area (Å²) < 4.78 is 6.35. The van der Waals surface area contributed by atoms with Gasteiger partial charge in [0.05, 0.1) is 18.4 Å². The van der Waals surface area contributed by atoms with E-state index in [4.69, 9.17) is 10.6 Å². The fourth-order valence-corrected chi connectivity index (χ4v) is 5.68. The van der Waals surface area contributed by atoms with Crippen LogP contribution in [0.3, 0.4) is 0 Å². The lowest BCUT2D eigenvalue weighted by Gasteiger charge is -2.18. The lowest BCUT2D eigenvalue weighted by atomic mass is 9.88. The van der Waals surface area contributed by atoms with E-state index < -0.39 is 5.97 Å². The van der Waals surface area contributed by atoms with E-state index in [0.717, 1.165) is 35.3 Å². The standard InChI is InChI=1S/C21H23N5O3S2/c1-12-8-9-14-15(10-12)31-19(17(14)20(28)29-2)23-16(27)11-30-21-25-24-18(26(21)22)13-6-4-3-5-7-13/h3-7,12H,8-11,22H2,1-2H3,(H,23,27). The summed E-state index contributed by atoms with van der Waals surface area (Å²) in [4.78, 5) is 26.2. The second kappa shape index (κ2) is 9.11. The molecule has 1 atom stereocenters. The summed E-state index contributed by atoms with van der Waals surface area (Å²) in [5.41, 5.74) is 2.34. The molecule has 3 N–H and O–H groups in total. The first-order valence-corrected chi connectivity index (χ1v) is 11.7. The number of methoxy groups -OCH3 is 1. The van der Waals surface area contributed by atoms with Gasteiger partial charge in [-0.2, -0.15) is 0 Å². The van der Waals surface area contributed by atoms with Crippen LogP contribution in [0.5, 0.6) is 0 Å². The molecule has 1 unspecified atom stereocenters. The number of hydrogen-bond acceptors (Lipinski definition) is 8. The second-order valence-corrected chi connectivity index (χ2v) is 9.47. The number of benzene rings is 1. The lowest BCUT2D eigenvalue weighted by molar-refractivity contribution is -0.113. The molecule has 1 aliphatic carbocycles. The Morgan fingerprint density at radius 2 is 2.10 bits per heavy atom. The predicted molar refractivity (Wildman–Crippen MR) is 122 cm³/mol. The van der Waals surface area contributed by atoms with Crippen molar-refractivity contribution in [2.45, 2.75) is 31.3 Å². The van der Waals surface area contributed by atoms with Gasteiger partial charge in [0.2, 0.25) is 11.1 Å². The van der Waals surface area contributed by atoms with Crippen LogP contribution < -0.4 is 11.2 Å². The molecular weight excluding hydrogens is 434 g/mol. The summed E-state index contributed by atoms with van der Waals surface area (Å²) in [6.45, 7) is 2.20. The van der Waals surface area contributed by atoms with Gasteiger partial charge in [0.15, 0.2) is 5.82 Å². The SMILES string of the molecule is COC(=O)c1c(NC(=O)CSc2nnc(-c3ccccc3)n2N)sc2c1CCC(C)C2. The van der Waals surface area contributed by atoms with E-state index in [1.54, 1.807) is 0 Å². The molecule has 8 nitrogen and oxygen atoms in total. The van der Waals surface area contributed by atoms with Crippen LogP contribution in [0.1, 0.15) is 34.1 Å². The maximum Gasteiger partial charge on any atom is 0.341 e. The first-order chi connectivity index (χ1) is 15.0. The van der Waals surface area contributed by atoms with Crippen LogP contribution in [-0.4, -0.2) is 39.6 Å². The number of thioether (sulfide) groups is 1. The number of aromatic nitrogens is 3. The number of carbonyl (C=O) groups is 2. The summed E-state index contributed by atoms with van der Waals surface area (Å²) in [6.07, 6.45) is 2.75. The van der Waals surface area contributed by atoms with Crippen molar-refractivity contribution >= 4 is 40.0 Å². The Labute approximate surface area is 188 Å². The highest BCUT2D eigenvalue weighted by atomic mass is 32.2. The number of fused-ring (bicyclic) bond motifs is 1. The number of carbonyl (C=O) groups excluding carboxylic acids is 2. The third-order valence-electron chi connectivity index (χ3n) is 5.18. The highest BCUT2D eigenvalue weighted by Gasteiger charge is 2.29. The molecule has 2 heterocycles. The molecule has 4 rings (SSSR count). The van der Waals surface area contributed by atoms with Crippen molar-refractivity contribution in [1.29, 1.82) is 0 Å². The summed E-state index contributed by atoms with van der Waals surface area (Å²) >= 11 is 2.65. The summed E-state index contributed by atoms with van der Waals surface area (Å²) in [6, 6.07) is 9.48. The fraction of sp³-hybridized carbons (Fsp3) is 0.333. The average molecular weight is 458 g/mol. The Morgan fingerprint density at radius 3 is 2.84 bits per heavy atom. The van der Waals surface area contributed by atoms with E-state index >= 15 is 0 Å². The molecule has 0 radical (unpaired) electrons. The second-order valence-electron chi connectivity index (χ2n) is 7.43. The van der Waals surface area contributed by atoms with Crippen LogP contribution in [-0.2, 0) is 22.4 Å². The molecule has 31 heavy (non-hydrogen) atoms. The predicted octanol–water partition coefficient (Wildman–Crippen LogP) is 3.36. The first kappa shape index (κ1) is 21.4. The molecule has 0 saturated carbocycles. The molecule has 0 bridgehead atoms. The Hall–Kier alpha value is -2.85. The van der Waals surface area contributed by atoms with Crippen molar-refractivity contribution in [1.82, 2.24) is 14.9 Å². The van der Waals surface area contributed by atoms with E-state index in [2.05, 4.69) is 22.4 Å². The summed E-state index contributed by atoms with van der Waals surface area (Å²) in [5, 5.41) is 12.1.